The second-order valence-electron chi connectivity index (χ2n) is 21.3. The molecule has 7 heteroatoms. The third kappa shape index (κ3) is 8.27. The minimum atomic E-state index is -1.16. The van der Waals surface area contributed by atoms with E-state index in [2.05, 4.69) is 153 Å². The van der Waals surface area contributed by atoms with Gasteiger partial charge in [-0.15, -0.1) is 0 Å². The van der Waals surface area contributed by atoms with Gasteiger partial charge in [0.05, 0.1) is 42.9 Å². The average molecular weight is 835 g/mol. The molecule has 332 valence electrons. The first kappa shape index (κ1) is 45.2. The monoisotopic (exact) mass is 835 g/mol. The van der Waals surface area contributed by atoms with E-state index in [4.69, 9.17) is 18.9 Å². The van der Waals surface area contributed by atoms with Gasteiger partial charge in [-0.3, -0.25) is 0 Å². The number of benzene rings is 3. The average Bonchev–Trinajstić information content (AvgIpc) is 3.39. The lowest BCUT2D eigenvalue weighted by molar-refractivity contribution is -0.928. The molecule has 4 aliphatic rings. The summed E-state index contributed by atoms with van der Waals surface area (Å²) in [6.45, 7) is 33.8. The lowest BCUT2D eigenvalue weighted by Crippen LogP contribution is -2.61. The number of hydrogen-bond donors (Lipinski definition) is 0. The van der Waals surface area contributed by atoms with Gasteiger partial charge in [-0.2, -0.15) is 0 Å². The Morgan fingerprint density at radius 1 is 0.639 bits per heavy atom. The fourth-order valence-corrected chi connectivity index (χ4v) is 10.7. The van der Waals surface area contributed by atoms with Gasteiger partial charge in [0.2, 0.25) is 11.1 Å². The predicted molar refractivity (Wildman–Crippen MR) is 252 cm³/mol. The summed E-state index contributed by atoms with van der Waals surface area (Å²) in [5.74, 6) is 3.48. The molecule has 0 N–H and O–H groups in total. The molecule has 7 rings (SSSR count). The quantitative estimate of drug-likeness (QED) is 0.100. The van der Waals surface area contributed by atoms with E-state index in [0.717, 1.165) is 75.5 Å². The van der Waals surface area contributed by atoms with Crippen LogP contribution >= 0.6 is 0 Å². The molecule has 61 heavy (non-hydrogen) atoms. The van der Waals surface area contributed by atoms with Crippen molar-refractivity contribution < 1.29 is 32.6 Å². The first-order valence-corrected chi connectivity index (χ1v) is 24.2. The first-order valence-electron chi connectivity index (χ1n) is 24.2. The van der Waals surface area contributed by atoms with Crippen LogP contribution < -0.4 is 18.9 Å². The standard InChI is InChI=1S/C54H80N3O4/c1-13-17-29-57(30-18-14-2,31-19-15-3)32-34-59-47-24-22-23-46(58-33-16-4)48(47)40-25-26-45-41(35-40)38-55-52(11)27-20-21-28-53(52,12)56-39-42-36-43(50(5,6)7)37-44(51(8,9)10)49(42)61-54(55,56)60-45/h22-26,35-39H,13-21,27-34H2,1-12H3/q+3. The summed E-state index contributed by atoms with van der Waals surface area (Å²) >= 11 is 0. The van der Waals surface area contributed by atoms with Gasteiger partial charge in [-0.25, -0.2) is 0 Å². The summed E-state index contributed by atoms with van der Waals surface area (Å²) < 4.78 is 34.4. The zero-order chi connectivity index (χ0) is 43.8. The Morgan fingerprint density at radius 2 is 1.21 bits per heavy atom. The third-order valence-corrected chi connectivity index (χ3v) is 14.7. The van der Waals surface area contributed by atoms with Crippen LogP contribution in [-0.4, -0.2) is 82.6 Å². The van der Waals surface area contributed by atoms with Crippen LogP contribution in [0.3, 0.4) is 0 Å². The predicted octanol–water partition coefficient (Wildman–Crippen LogP) is 12.4. The maximum Gasteiger partial charge on any atom is 0.705 e. The SMILES string of the molecule is CCCC[N+](CCCC)(CCCC)CCOc1cccc(OCCC)c1-c1ccc2c(c1)C=[N+]1C3(O2)Oc2c(cc(C(C)(C)C)cc2C(C)(C)C)C=[N+]3C2(C)CCCCC12C. The molecule has 3 aromatic carbocycles. The van der Waals surface area contributed by atoms with E-state index in [1.54, 1.807) is 0 Å². The smallest absolute Gasteiger partial charge is 0.493 e. The lowest BCUT2D eigenvalue weighted by atomic mass is 9.69. The van der Waals surface area contributed by atoms with Crippen LogP contribution in [0.2, 0.25) is 0 Å². The molecular formula is C54H80N3O4+3. The van der Waals surface area contributed by atoms with Crippen LogP contribution in [-0.2, 0) is 10.8 Å². The van der Waals surface area contributed by atoms with Crippen molar-refractivity contribution in [1.82, 2.24) is 0 Å². The molecule has 7 nitrogen and oxygen atoms in total. The number of fused-ring (bicyclic) bond motifs is 5. The molecule has 1 spiro atoms. The fourth-order valence-electron chi connectivity index (χ4n) is 10.7. The van der Waals surface area contributed by atoms with Crippen LogP contribution in [0.25, 0.3) is 11.1 Å². The molecule has 0 radical (unpaired) electrons. The van der Waals surface area contributed by atoms with Crippen molar-refractivity contribution in [3.63, 3.8) is 0 Å². The topological polar surface area (TPSA) is 42.9 Å². The minimum absolute atomic E-state index is 0.00309. The van der Waals surface area contributed by atoms with Crippen molar-refractivity contribution in [1.29, 1.82) is 0 Å². The third-order valence-electron chi connectivity index (χ3n) is 14.7. The van der Waals surface area contributed by atoms with Crippen molar-refractivity contribution >= 4 is 12.4 Å². The number of quaternary nitrogens is 1. The van der Waals surface area contributed by atoms with E-state index in [9.17, 15) is 0 Å². The number of hydrogen-bond acceptors (Lipinski definition) is 4. The first-order chi connectivity index (χ1) is 29.0. The van der Waals surface area contributed by atoms with Crippen molar-refractivity contribution in [2.75, 3.05) is 39.4 Å². The van der Waals surface area contributed by atoms with E-state index in [1.807, 2.05) is 0 Å². The second-order valence-corrected chi connectivity index (χ2v) is 21.3. The van der Waals surface area contributed by atoms with Gasteiger partial charge in [0.1, 0.15) is 24.7 Å². The Morgan fingerprint density at radius 3 is 1.75 bits per heavy atom. The number of unbranched alkanes of at least 4 members (excludes halogenated alkanes) is 3. The molecule has 0 aromatic heterocycles. The summed E-state index contributed by atoms with van der Waals surface area (Å²) in [4.78, 5) is 0. The highest BCUT2D eigenvalue weighted by molar-refractivity contribution is 5.88. The van der Waals surface area contributed by atoms with Gasteiger partial charge < -0.3 is 23.4 Å². The molecule has 0 bridgehead atoms. The van der Waals surface area contributed by atoms with E-state index < -0.39 is 6.03 Å². The summed E-state index contributed by atoms with van der Waals surface area (Å²) in [5.41, 5.74) is 6.17. The van der Waals surface area contributed by atoms with E-state index >= 15 is 0 Å². The van der Waals surface area contributed by atoms with Gasteiger partial charge in [-0.1, -0.05) is 116 Å². The largest absolute Gasteiger partial charge is 0.705 e. The van der Waals surface area contributed by atoms with Crippen molar-refractivity contribution in [3.05, 3.63) is 70.8 Å². The Bertz CT molecular complexity index is 2100. The normalized spacial score (nSPS) is 23.0. The summed E-state index contributed by atoms with van der Waals surface area (Å²) in [6, 6.07) is 16.5. The number of nitrogens with zero attached hydrogens (tertiary/aromatic N) is 3. The highest BCUT2D eigenvalue weighted by Crippen LogP contribution is 2.56. The summed E-state index contributed by atoms with van der Waals surface area (Å²) in [6.07, 6.45) is 17.5. The van der Waals surface area contributed by atoms with Gasteiger partial charge in [0.25, 0.3) is 0 Å². The van der Waals surface area contributed by atoms with Crippen molar-refractivity contribution in [2.45, 2.75) is 182 Å². The fraction of sp³-hybridized carbons (Fsp3) is 0.630. The van der Waals surface area contributed by atoms with Gasteiger partial charge in [0, 0.05) is 32.3 Å². The van der Waals surface area contributed by atoms with Crippen LogP contribution in [0.15, 0.2) is 48.5 Å². The number of rotatable bonds is 17. The van der Waals surface area contributed by atoms with Gasteiger partial charge >= 0.3 is 6.03 Å². The summed E-state index contributed by atoms with van der Waals surface area (Å²) in [5, 5.41) is 0. The maximum absolute atomic E-state index is 7.52. The highest BCUT2D eigenvalue weighted by atomic mass is 16.7. The summed E-state index contributed by atoms with van der Waals surface area (Å²) in [7, 11) is 0. The Kier molecular flexibility index (Phi) is 12.9. The van der Waals surface area contributed by atoms with E-state index in [0.29, 0.717) is 13.2 Å². The maximum atomic E-state index is 7.52. The Hall–Kier alpha value is -3.84. The molecule has 3 aliphatic heterocycles. The van der Waals surface area contributed by atoms with Crippen LogP contribution in [0, 0.1) is 0 Å². The molecule has 0 amide bonds. The zero-order valence-electron chi connectivity index (χ0n) is 40.3. The molecule has 3 unspecified atom stereocenters. The van der Waals surface area contributed by atoms with E-state index in [1.165, 1.54) is 82.1 Å². The lowest BCUT2D eigenvalue weighted by Gasteiger charge is -2.39. The van der Waals surface area contributed by atoms with Crippen LogP contribution in [0.4, 0.5) is 0 Å². The zero-order valence-corrected chi connectivity index (χ0v) is 40.3. The number of ether oxygens (including phenoxy) is 4. The van der Waals surface area contributed by atoms with Crippen LogP contribution in [0.5, 0.6) is 23.0 Å². The van der Waals surface area contributed by atoms with Gasteiger partial charge in [-0.05, 0) is 90.8 Å². The van der Waals surface area contributed by atoms with Crippen molar-refractivity contribution in [2.24, 2.45) is 0 Å². The highest BCUT2D eigenvalue weighted by Gasteiger charge is 2.86. The molecule has 3 aromatic rings. The van der Waals surface area contributed by atoms with Crippen LogP contribution in [0.1, 0.15) is 176 Å². The Labute approximate surface area is 369 Å². The molecular weight excluding hydrogens is 755 g/mol. The molecule has 2 fully saturated rings. The van der Waals surface area contributed by atoms with Crippen molar-refractivity contribution in [3.8, 4) is 34.1 Å². The molecule has 1 aliphatic carbocycles. The van der Waals surface area contributed by atoms with E-state index in [-0.39, 0.29) is 21.9 Å². The molecule has 1 saturated heterocycles. The Balaban J connectivity index is 1.31. The van der Waals surface area contributed by atoms with Gasteiger partial charge in [0.15, 0.2) is 23.9 Å². The second kappa shape index (κ2) is 17.4. The molecule has 3 atom stereocenters. The molecule has 1 saturated carbocycles. The minimum Gasteiger partial charge on any atom is -0.493 e. The molecule has 3 heterocycles.